The van der Waals surface area contributed by atoms with Gasteiger partial charge in [-0.2, -0.15) is 9.58 Å². The largest absolute Gasteiger partial charge is 0.864 e. The molecule has 0 saturated carbocycles. The van der Waals surface area contributed by atoms with Gasteiger partial charge in [-0.05, 0) is 17.0 Å². The second-order valence-corrected chi connectivity index (χ2v) is 6.55. The summed E-state index contributed by atoms with van der Waals surface area (Å²) >= 11 is 0. The summed E-state index contributed by atoms with van der Waals surface area (Å²) in [4.78, 5) is 32.4. The fourth-order valence-electron chi connectivity index (χ4n) is 2.36. The minimum Gasteiger partial charge on any atom is -0.864 e. The third-order valence-electron chi connectivity index (χ3n) is 3.75. The molecule has 1 N–H and O–H groups in total. The number of imide groups is 1. The van der Waals surface area contributed by atoms with Crippen LogP contribution < -0.4 is 15.1 Å². The van der Waals surface area contributed by atoms with Crippen LogP contribution in [-0.4, -0.2) is 26.8 Å². The Bertz CT molecular complexity index is 854. The van der Waals surface area contributed by atoms with Crippen molar-refractivity contribution in [3.05, 3.63) is 54.3 Å². The van der Waals surface area contributed by atoms with E-state index in [9.17, 15) is 14.7 Å². The van der Waals surface area contributed by atoms with Crippen LogP contribution in [0.3, 0.4) is 0 Å². The van der Waals surface area contributed by atoms with Crippen molar-refractivity contribution in [1.82, 2.24) is 15.0 Å². The van der Waals surface area contributed by atoms with Gasteiger partial charge in [0.2, 0.25) is 5.95 Å². The molecule has 0 radical (unpaired) electrons. The van der Waals surface area contributed by atoms with Crippen molar-refractivity contribution in [3.63, 3.8) is 0 Å². The first-order valence-corrected chi connectivity index (χ1v) is 7.65. The second-order valence-electron chi connectivity index (χ2n) is 6.55. The van der Waals surface area contributed by atoms with Crippen molar-refractivity contribution in [2.75, 3.05) is 5.43 Å². The van der Waals surface area contributed by atoms with Crippen LogP contribution in [0.15, 0.2) is 48.7 Å². The Kier molecular flexibility index (Phi) is 3.96. The van der Waals surface area contributed by atoms with E-state index in [1.54, 1.807) is 18.5 Å². The summed E-state index contributed by atoms with van der Waals surface area (Å²) in [5, 5.41) is 12.9. The van der Waals surface area contributed by atoms with Crippen LogP contribution in [0.1, 0.15) is 26.3 Å². The predicted molar refractivity (Wildman–Crippen MR) is 86.1 cm³/mol. The molecule has 8 heteroatoms. The molecule has 8 nitrogen and oxygen atoms in total. The molecule has 0 aliphatic carbocycles. The van der Waals surface area contributed by atoms with E-state index in [4.69, 9.17) is 0 Å². The number of hydrogen-bond acceptors (Lipinski definition) is 6. The third kappa shape index (κ3) is 3.06. The van der Waals surface area contributed by atoms with E-state index in [2.05, 4.69) is 36.2 Å². The smallest absolute Gasteiger partial charge is 0.344 e. The minimum absolute atomic E-state index is 0.0475. The van der Waals surface area contributed by atoms with Gasteiger partial charge in [0.1, 0.15) is 0 Å². The summed E-state index contributed by atoms with van der Waals surface area (Å²) < 4.78 is 1.35. The molecule has 0 spiro atoms. The fraction of sp³-hybridized carbons (Fsp3) is 0.235. The maximum atomic E-state index is 12.5. The molecule has 0 atom stereocenters. The lowest BCUT2D eigenvalue weighted by atomic mass is 9.88. The Hall–Kier alpha value is -3.29. The summed E-state index contributed by atoms with van der Waals surface area (Å²) in [5.41, 5.74) is 3.20. The van der Waals surface area contributed by atoms with E-state index in [1.807, 2.05) is 12.1 Å². The normalized spacial score (nSPS) is 15.1. The van der Waals surface area contributed by atoms with Gasteiger partial charge >= 0.3 is 5.91 Å². The average Bonchev–Trinajstić information content (AvgIpc) is 2.79. The SMILES string of the molecule is CC(C)(C)c1cc[n+](C2=C([O-])C(=O)N(Nc3ncccn3)C2=O)cc1. The lowest BCUT2D eigenvalue weighted by molar-refractivity contribution is -0.581. The Balaban J connectivity index is 1.89. The average molecular weight is 339 g/mol. The Morgan fingerprint density at radius 1 is 1.08 bits per heavy atom. The maximum Gasteiger partial charge on any atom is 0.344 e. The van der Waals surface area contributed by atoms with Crippen LogP contribution in [0.5, 0.6) is 0 Å². The number of carbonyl (C=O) groups is 2. The highest BCUT2D eigenvalue weighted by Gasteiger charge is 2.41. The van der Waals surface area contributed by atoms with E-state index in [-0.39, 0.29) is 17.1 Å². The molecule has 2 aromatic heterocycles. The quantitative estimate of drug-likeness (QED) is 0.623. The Morgan fingerprint density at radius 3 is 2.24 bits per heavy atom. The van der Waals surface area contributed by atoms with Crippen LogP contribution in [0, 0.1) is 0 Å². The number of pyridine rings is 1. The number of nitrogens with zero attached hydrogens (tertiary/aromatic N) is 4. The summed E-state index contributed by atoms with van der Waals surface area (Å²) in [5.74, 6) is -2.57. The van der Waals surface area contributed by atoms with E-state index < -0.39 is 17.6 Å². The zero-order chi connectivity index (χ0) is 18.2. The zero-order valence-corrected chi connectivity index (χ0v) is 14.1. The zero-order valence-electron chi connectivity index (χ0n) is 14.1. The van der Waals surface area contributed by atoms with Gasteiger partial charge in [0.15, 0.2) is 12.4 Å². The van der Waals surface area contributed by atoms with Crippen LogP contribution in [-0.2, 0) is 15.0 Å². The van der Waals surface area contributed by atoms with Gasteiger partial charge in [-0.3, -0.25) is 15.0 Å². The van der Waals surface area contributed by atoms with Crippen LogP contribution in [0.4, 0.5) is 5.95 Å². The summed E-state index contributed by atoms with van der Waals surface area (Å²) in [6.45, 7) is 6.17. The lowest BCUT2D eigenvalue weighted by Crippen LogP contribution is -2.42. The number of hydrogen-bond donors (Lipinski definition) is 1. The van der Waals surface area contributed by atoms with E-state index in [1.165, 1.54) is 17.0 Å². The summed E-state index contributed by atoms with van der Waals surface area (Å²) in [6.07, 6.45) is 6.10. The molecular formula is C17H17N5O3. The van der Waals surface area contributed by atoms with E-state index >= 15 is 0 Å². The maximum absolute atomic E-state index is 12.5. The van der Waals surface area contributed by atoms with Crippen LogP contribution in [0.25, 0.3) is 5.70 Å². The van der Waals surface area contributed by atoms with Gasteiger partial charge in [0.05, 0.1) is 0 Å². The standard InChI is InChI=1S/C17H17N5O3/c1-17(2,3)11-5-9-21(10-6-11)12-13(23)15(25)22(14(12)24)20-16-18-7-4-8-19-16/h4-10H,1-3H3,(H-,18,19,20,23,24). The second kappa shape index (κ2) is 5.97. The first-order chi connectivity index (χ1) is 11.8. The predicted octanol–water partition coefficient (Wildman–Crippen LogP) is -0.0136. The molecule has 2 amide bonds. The van der Waals surface area contributed by atoms with Crippen molar-refractivity contribution in [2.24, 2.45) is 0 Å². The third-order valence-corrected chi connectivity index (χ3v) is 3.75. The molecule has 128 valence electrons. The lowest BCUT2D eigenvalue weighted by Gasteiger charge is -2.17. The van der Waals surface area contributed by atoms with Gasteiger partial charge in [-0.25, -0.2) is 9.97 Å². The molecule has 0 bridgehead atoms. The molecule has 3 rings (SSSR count). The molecule has 25 heavy (non-hydrogen) atoms. The number of anilines is 1. The summed E-state index contributed by atoms with van der Waals surface area (Å²) in [7, 11) is 0. The summed E-state index contributed by atoms with van der Waals surface area (Å²) in [6, 6.07) is 5.22. The number of carbonyl (C=O) groups excluding carboxylic acids is 2. The van der Waals surface area contributed by atoms with Crippen molar-refractivity contribution >= 4 is 23.5 Å². The highest BCUT2D eigenvalue weighted by Crippen LogP contribution is 2.22. The first kappa shape index (κ1) is 16.6. The molecule has 1 aliphatic heterocycles. The number of aromatic nitrogens is 3. The van der Waals surface area contributed by atoms with E-state index in [0.717, 1.165) is 5.56 Å². The first-order valence-electron chi connectivity index (χ1n) is 7.65. The van der Waals surface area contributed by atoms with Crippen molar-refractivity contribution < 1.29 is 19.3 Å². The van der Waals surface area contributed by atoms with Gasteiger partial charge in [0, 0.05) is 30.3 Å². The highest BCUT2D eigenvalue weighted by molar-refractivity contribution is 6.28. The Labute approximate surface area is 144 Å². The molecule has 3 heterocycles. The minimum atomic E-state index is -0.972. The molecule has 1 aliphatic rings. The molecular weight excluding hydrogens is 322 g/mol. The number of nitrogens with one attached hydrogen (secondary N) is 1. The molecule has 0 aromatic carbocycles. The fourth-order valence-corrected chi connectivity index (χ4v) is 2.36. The van der Waals surface area contributed by atoms with Crippen LogP contribution >= 0.6 is 0 Å². The van der Waals surface area contributed by atoms with Gasteiger partial charge < -0.3 is 5.11 Å². The highest BCUT2D eigenvalue weighted by atomic mass is 16.3. The topological polar surface area (TPSA) is 102 Å². The monoisotopic (exact) mass is 339 g/mol. The van der Waals surface area contributed by atoms with Gasteiger partial charge in [-0.1, -0.05) is 20.8 Å². The number of amides is 2. The molecule has 2 aromatic rings. The molecule has 0 fully saturated rings. The number of rotatable bonds is 3. The van der Waals surface area contributed by atoms with Crippen molar-refractivity contribution in [2.45, 2.75) is 26.2 Å². The van der Waals surface area contributed by atoms with Crippen molar-refractivity contribution in [1.29, 1.82) is 0 Å². The molecule has 0 unspecified atom stereocenters. The van der Waals surface area contributed by atoms with Gasteiger partial charge in [0.25, 0.3) is 11.6 Å². The van der Waals surface area contributed by atoms with Crippen LogP contribution in [0.2, 0.25) is 0 Å². The molecule has 0 saturated heterocycles. The number of hydrazine groups is 1. The van der Waals surface area contributed by atoms with E-state index in [0.29, 0.717) is 5.01 Å². The Morgan fingerprint density at radius 2 is 1.68 bits per heavy atom. The van der Waals surface area contributed by atoms with Crippen molar-refractivity contribution in [3.8, 4) is 0 Å². The van der Waals surface area contributed by atoms with Gasteiger partial charge in [-0.15, -0.1) is 0 Å².